The van der Waals surface area contributed by atoms with Crippen LogP contribution in [0, 0.1) is 0 Å². The quantitative estimate of drug-likeness (QED) is 0.262. The second kappa shape index (κ2) is 7.24. The van der Waals surface area contributed by atoms with Crippen LogP contribution in [0.3, 0.4) is 0 Å². The molecule has 0 aliphatic heterocycles. The highest BCUT2D eigenvalue weighted by Crippen LogP contribution is 2.50. The zero-order valence-electron chi connectivity index (χ0n) is 21.1. The number of aromatic nitrogens is 2. The SMILES string of the molecule is CC1(C)c2ccccc2-c2ccc(-c3cncc(-c4ccc5c(c4)C(C)(C)c4ccccc4-5)n3)cc21. The van der Waals surface area contributed by atoms with Crippen LogP contribution in [0.25, 0.3) is 44.8 Å². The van der Waals surface area contributed by atoms with Gasteiger partial charge in [-0.05, 0) is 56.6 Å². The number of rotatable bonds is 2. The molecule has 1 heterocycles. The van der Waals surface area contributed by atoms with Crippen LogP contribution in [0.4, 0.5) is 0 Å². The third kappa shape index (κ3) is 2.85. The van der Waals surface area contributed by atoms with Gasteiger partial charge in [-0.25, -0.2) is 4.98 Å². The first-order valence-electron chi connectivity index (χ1n) is 12.7. The minimum atomic E-state index is -0.0342. The highest BCUT2D eigenvalue weighted by atomic mass is 14.8. The molecule has 0 amide bonds. The summed E-state index contributed by atoms with van der Waals surface area (Å²) in [5.74, 6) is 0. The third-order valence-corrected chi connectivity index (χ3v) is 8.39. The highest BCUT2D eigenvalue weighted by molar-refractivity contribution is 5.84. The van der Waals surface area contributed by atoms with Crippen molar-refractivity contribution in [3.63, 3.8) is 0 Å². The molecule has 0 spiro atoms. The van der Waals surface area contributed by atoms with E-state index in [1.807, 2.05) is 12.4 Å². The predicted octanol–water partition coefficient (Wildman–Crippen LogP) is 8.42. The normalized spacial score (nSPS) is 15.7. The molecule has 2 aliphatic carbocycles. The molecule has 174 valence electrons. The fourth-order valence-electron chi connectivity index (χ4n) is 6.37. The summed E-state index contributed by atoms with van der Waals surface area (Å²) in [5, 5.41) is 0. The maximum atomic E-state index is 5.10. The van der Waals surface area contributed by atoms with Crippen LogP contribution in [-0.4, -0.2) is 9.97 Å². The van der Waals surface area contributed by atoms with Gasteiger partial charge in [0.25, 0.3) is 0 Å². The molecule has 0 N–H and O–H groups in total. The Bertz CT molecular complexity index is 1570. The molecule has 0 fully saturated rings. The lowest BCUT2D eigenvalue weighted by atomic mass is 9.82. The maximum absolute atomic E-state index is 5.10. The molecule has 0 saturated heterocycles. The summed E-state index contributed by atoms with van der Waals surface area (Å²) < 4.78 is 0. The number of hydrogen-bond acceptors (Lipinski definition) is 2. The Balaban J connectivity index is 1.30. The molecule has 5 aromatic rings. The molecule has 2 heteroatoms. The smallest absolute Gasteiger partial charge is 0.0892 e. The molecule has 4 aromatic carbocycles. The van der Waals surface area contributed by atoms with Crippen LogP contribution in [0.1, 0.15) is 49.9 Å². The largest absolute Gasteiger partial charge is 0.260 e. The van der Waals surface area contributed by atoms with Crippen molar-refractivity contribution in [2.24, 2.45) is 0 Å². The second-order valence-corrected chi connectivity index (χ2v) is 11.2. The van der Waals surface area contributed by atoms with E-state index >= 15 is 0 Å². The van der Waals surface area contributed by atoms with Crippen molar-refractivity contribution in [1.82, 2.24) is 9.97 Å². The fraction of sp³-hybridized carbons (Fsp3) is 0.176. The van der Waals surface area contributed by atoms with Gasteiger partial charge in [-0.15, -0.1) is 0 Å². The fourth-order valence-corrected chi connectivity index (χ4v) is 6.37. The Kier molecular flexibility index (Phi) is 4.27. The van der Waals surface area contributed by atoms with Crippen LogP contribution in [0.2, 0.25) is 0 Å². The topological polar surface area (TPSA) is 25.8 Å². The summed E-state index contributed by atoms with van der Waals surface area (Å²) in [5.41, 5.74) is 14.8. The van der Waals surface area contributed by atoms with Crippen molar-refractivity contribution < 1.29 is 0 Å². The summed E-state index contributed by atoms with van der Waals surface area (Å²) in [6.45, 7) is 9.25. The first kappa shape index (κ1) is 21.3. The molecule has 36 heavy (non-hydrogen) atoms. The van der Waals surface area contributed by atoms with Crippen LogP contribution < -0.4 is 0 Å². The minimum absolute atomic E-state index is 0.0342. The van der Waals surface area contributed by atoms with Gasteiger partial charge < -0.3 is 0 Å². The Morgan fingerprint density at radius 2 is 0.889 bits per heavy atom. The van der Waals surface area contributed by atoms with Crippen molar-refractivity contribution >= 4 is 0 Å². The summed E-state index contributed by atoms with van der Waals surface area (Å²) in [7, 11) is 0. The van der Waals surface area contributed by atoms with Gasteiger partial charge in [0.15, 0.2) is 0 Å². The Morgan fingerprint density at radius 3 is 1.36 bits per heavy atom. The van der Waals surface area contributed by atoms with Gasteiger partial charge in [0.05, 0.1) is 23.8 Å². The van der Waals surface area contributed by atoms with Gasteiger partial charge in [0.2, 0.25) is 0 Å². The summed E-state index contributed by atoms with van der Waals surface area (Å²) in [4.78, 5) is 9.71. The van der Waals surface area contributed by atoms with E-state index in [4.69, 9.17) is 4.98 Å². The van der Waals surface area contributed by atoms with Gasteiger partial charge in [-0.3, -0.25) is 4.98 Å². The Labute approximate surface area is 212 Å². The molecular formula is C34H28N2. The molecule has 2 nitrogen and oxygen atoms in total. The molecule has 0 radical (unpaired) electrons. The molecule has 0 atom stereocenters. The van der Waals surface area contributed by atoms with E-state index in [2.05, 4.69) is 118 Å². The summed E-state index contributed by atoms with van der Waals surface area (Å²) >= 11 is 0. The van der Waals surface area contributed by atoms with Crippen molar-refractivity contribution in [3.8, 4) is 44.8 Å². The maximum Gasteiger partial charge on any atom is 0.0892 e. The predicted molar refractivity (Wildman–Crippen MR) is 148 cm³/mol. The van der Waals surface area contributed by atoms with Gasteiger partial charge in [-0.1, -0.05) is 100 Å². The molecular weight excluding hydrogens is 436 g/mol. The zero-order valence-corrected chi connectivity index (χ0v) is 21.1. The van der Waals surface area contributed by atoms with Crippen molar-refractivity contribution in [3.05, 3.63) is 120 Å². The van der Waals surface area contributed by atoms with Crippen molar-refractivity contribution in [2.45, 2.75) is 38.5 Å². The number of fused-ring (bicyclic) bond motifs is 6. The second-order valence-electron chi connectivity index (χ2n) is 11.2. The summed E-state index contributed by atoms with van der Waals surface area (Å²) in [6, 6.07) is 31.0. The molecule has 0 bridgehead atoms. The van der Waals surface area contributed by atoms with Crippen LogP contribution in [0.5, 0.6) is 0 Å². The molecule has 0 unspecified atom stereocenters. The molecule has 2 aliphatic rings. The summed E-state index contributed by atoms with van der Waals surface area (Å²) in [6.07, 6.45) is 3.76. The average Bonchev–Trinajstić information content (AvgIpc) is 3.28. The first-order valence-corrected chi connectivity index (χ1v) is 12.7. The van der Waals surface area contributed by atoms with E-state index in [1.165, 1.54) is 44.5 Å². The average molecular weight is 465 g/mol. The Hall–Kier alpha value is -4.04. The lowest BCUT2D eigenvalue weighted by Gasteiger charge is -2.22. The number of benzene rings is 4. The third-order valence-electron chi connectivity index (χ3n) is 8.39. The van der Waals surface area contributed by atoms with Gasteiger partial charge >= 0.3 is 0 Å². The monoisotopic (exact) mass is 464 g/mol. The highest BCUT2D eigenvalue weighted by Gasteiger charge is 2.36. The van der Waals surface area contributed by atoms with Gasteiger partial charge in [0, 0.05) is 22.0 Å². The van der Waals surface area contributed by atoms with E-state index in [0.29, 0.717) is 0 Å². The van der Waals surface area contributed by atoms with E-state index in [1.54, 1.807) is 0 Å². The standard InChI is InChI=1S/C34H28N2/c1-33(2)27-11-7-5-9-23(27)25-15-13-21(17-29(25)33)31-19-35-20-32(36-31)22-14-16-26-24-10-6-8-12-28(24)34(3,4)30(26)18-22/h5-20H,1-4H3. The Morgan fingerprint density at radius 1 is 0.472 bits per heavy atom. The lowest BCUT2D eigenvalue weighted by Crippen LogP contribution is -2.15. The minimum Gasteiger partial charge on any atom is -0.260 e. The van der Waals surface area contributed by atoms with Crippen LogP contribution >= 0.6 is 0 Å². The van der Waals surface area contributed by atoms with E-state index in [9.17, 15) is 0 Å². The van der Waals surface area contributed by atoms with E-state index in [-0.39, 0.29) is 10.8 Å². The van der Waals surface area contributed by atoms with Crippen LogP contribution in [-0.2, 0) is 10.8 Å². The van der Waals surface area contributed by atoms with E-state index < -0.39 is 0 Å². The molecule has 7 rings (SSSR count). The van der Waals surface area contributed by atoms with E-state index in [0.717, 1.165) is 22.5 Å². The van der Waals surface area contributed by atoms with Gasteiger partial charge in [0.1, 0.15) is 0 Å². The number of hydrogen-bond donors (Lipinski definition) is 0. The lowest BCUT2D eigenvalue weighted by molar-refractivity contribution is 0.660. The first-order chi connectivity index (χ1) is 17.4. The van der Waals surface area contributed by atoms with Crippen molar-refractivity contribution in [1.29, 1.82) is 0 Å². The van der Waals surface area contributed by atoms with Crippen molar-refractivity contribution in [2.75, 3.05) is 0 Å². The molecule has 1 aromatic heterocycles. The van der Waals surface area contributed by atoms with Crippen LogP contribution in [0.15, 0.2) is 97.3 Å². The zero-order chi connectivity index (χ0) is 24.7. The number of nitrogens with zero attached hydrogens (tertiary/aromatic N) is 2. The van der Waals surface area contributed by atoms with Gasteiger partial charge in [-0.2, -0.15) is 0 Å². The molecule has 0 saturated carbocycles.